The van der Waals surface area contributed by atoms with Crippen LogP contribution < -0.4 is 16.6 Å². The van der Waals surface area contributed by atoms with Gasteiger partial charge in [-0.3, -0.25) is 14.3 Å². The summed E-state index contributed by atoms with van der Waals surface area (Å²) in [5, 5.41) is 31.6. The fraction of sp³-hybridized carbons (Fsp3) is 0.167. The molecule has 1 saturated heterocycles. The number of nitrogen functional groups attached to an aromatic ring is 1. The third-order valence-corrected chi connectivity index (χ3v) is 8.07. The van der Waals surface area contributed by atoms with Crippen molar-refractivity contribution in [1.29, 1.82) is 0 Å². The van der Waals surface area contributed by atoms with E-state index in [9.17, 15) is 15.0 Å². The van der Waals surface area contributed by atoms with Gasteiger partial charge in [0.1, 0.15) is 12.3 Å². The Morgan fingerprint density at radius 3 is 2.60 bits per heavy atom. The lowest BCUT2D eigenvalue weighted by Crippen LogP contribution is -2.24. The van der Waals surface area contributed by atoms with Gasteiger partial charge in [-0.15, -0.1) is 0 Å². The average Bonchev–Trinajstić information content (AvgIpc) is 3.57. The van der Waals surface area contributed by atoms with Crippen molar-refractivity contribution in [2.45, 2.75) is 24.9 Å². The van der Waals surface area contributed by atoms with Crippen molar-refractivity contribution in [2.75, 3.05) is 17.7 Å². The molecular formula is C30H24N6O4. The van der Waals surface area contributed by atoms with Crippen LogP contribution in [-0.2, 0) is 4.74 Å². The Kier molecular flexibility index (Phi) is 4.84. The second kappa shape index (κ2) is 8.36. The van der Waals surface area contributed by atoms with Crippen molar-refractivity contribution < 1.29 is 14.9 Å². The van der Waals surface area contributed by atoms with E-state index in [2.05, 4.69) is 39.6 Å². The zero-order valence-corrected chi connectivity index (χ0v) is 21.1. The summed E-state index contributed by atoms with van der Waals surface area (Å²) in [6, 6.07) is 20.5. The van der Waals surface area contributed by atoms with E-state index in [1.165, 1.54) is 6.33 Å². The molecule has 3 heterocycles. The van der Waals surface area contributed by atoms with Crippen molar-refractivity contribution in [3.63, 3.8) is 0 Å². The van der Waals surface area contributed by atoms with Gasteiger partial charge in [-0.05, 0) is 27.6 Å². The van der Waals surface area contributed by atoms with Gasteiger partial charge in [-0.2, -0.15) is 4.98 Å². The van der Waals surface area contributed by atoms with E-state index in [-0.39, 0.29) is 24.5 Å². The SMILES string of the molecule is Nc1ccc2ccc3c4ccccc4c(Nc4nc5c(ncn5[C@H]5C[C@H](O)[C@@H](CO)O5)c(=O)[nH]4)c4ccc1c2c43. The lowest BCUT2D eigenvalue weighted by atomic mass is 9.89. The Morgan fingerprint density at radius 2 is 1.77 bits per heavy atom. The van der Waals surface area contributed by atoms with E-state index in [4.69, 9.17) is 15.5 Å². The van der Waals surface area contributed by atoms with Crippen LogP contribution in [0.5, 0.6) is 0 Å². The van der Waals surface area contributed by atoms with Gasteiger partial charge in [0.2, 0.25) is 5.95 Å². The van der Waals surface area contributed by atoms with E-state index in [0.717, 1.165) is 54.5 Å². The number of hydrogen-bond acceptors (Lipinski definition) is 8. The van der Waals surface area contributed by atoms with Crippen molar-refractivity contribution in [2.24, 2.45) is 0 Å². The molecule has 6 N–H and O–H groups in total. The maximum Gasteiger partial charge on any atom is 0.280 e. The maximum absolute atomic E-state index is 13.1. The molecule has 1 aliphatic rings. The number of H-pyrrole nitrogens is 1. The highest BCUT2D eigenvalue weighted by Crippen LogP contribution is 2.44. The Bertz CT molecular complexity index is 2170. The first kappa shape index (κ1) is 23.1. The largest absolute Gasteiger partial charge is 0.398 e. The third kappa shape index (κ3) is 3.18. The minimum absolute atomic E-state index is 0.159. The molecule has 10 nitrogen and oxygen atoms in total. The lowest BCUT2D eigenvalue weighted by molar-refractivity contribution is -0.0432. The van der Waals surface area contributed by atoms with Crippen LogP contribution in [0.25, 0.3) is 54.3 Å². The molecule has 10 heteroatoms. The molecule has 3 atom stereocenters. The number of hydrogen-bond donors (Lipinski definition) is 5. The van der Waals surface area contributed by atoms with E-state index >= 15 is 0 Å². The first-order chi connectivity index (χ1) is 19.5. The molecule has 7 aromatic rings. The number of aromatic nitrogens is 4. The highest BCUT2D eigenvalue weighted by atomic mass is 16.5. The summed E-state index contributed by atoms with van der Waals surface area (Å²) >= 11 is 0. The summed E-state index contributed by atoms with van der Waals surface area (Å²) in [6.07, 6.45) is -0.426. The number of benzene rings is 5. The Balaban J connectivity index is 1.35. The molecule has 40 heavy (non-hydrogen) atoms. The molecule has 0 aliphatic carbocycles. The van der Waals surface area contributed by atoms with Crippen LogP contribution in [-0.4, -0.2) is 48.5 Å². The summed E-state index contributed by atoms with van der Waals surface area (Å²) in [4.78, 5) is 24.9. The summed E-state index contributed by atoms with van der Waals surface area (Å²) < 4.78 is 7.43. The number of rotatable bonds is 4. The van der Waals surface area contributed by atoms with E-state index in [0.29, 0.717) is 5.65 Å². The Morgan fingerprint density at radius 1 is 1.00 bits per heavy atom. The third-order valence-electron chi connectivity index (χ3n) is 8.07. The number of nitrogens with two attached hydrogens (primary N) is 1. The number of nitrogens with zero attached hydrogens (tertiary/aromatic N) is 3. The molecule has 1 fully saturated rings. The molecule has 0 unspecified atom stereocenters. The second-order valence-corrected chi connectivity index (χ2v) is 10.3. The van der Waals surface area contributed by atoms with Gasteiger partial charge in [-0.1, -0.05) is 54.6 Å². The highest BCUT2D eigenvalue weighted by molar-refractivity contribution is 6.34. The minimum Gasteiger partial charge on any atom is -0.398 e. The van der Waals surface area contributed by atoms with Crippen molar-refractivity contribution in [3.05, 3.63) is 77.3 Å². The Labute approximate surface area is 226 Å². The number of ether oxygens (including phenoxy) is 1. The van der Waals surface area contributed by atoms with Crippen molar-refractivity contribution in [1.82, 2.24) is 19.5 Å². The first-order valence-corrected chi connectivity index (χ1v) is 13.1. The fourth-order valence-electron chi connectivity index (χ4n) is 6.18. The van der Waals surface area contributed by atoms with E-state index in [1.807, 2.05) is 36.4 Å². The fourth-order valence-corrected chi connectivity index (χ4v) is 6.18. The van der Waals surface area contributed by atoms with Gasteiger partial charge in [-0.25, -0.2) is 4.98 Å². The number of aliphatic hydroxyl groups excluding tert-OH is 2. The maximum atomic E-state index is 13.1. The topological polar surface area (TPSA) is 151 Å². The van der Waals surface area contributed by atoms with Gasteiger partial charge < -0.3 is 26.0 Å². The Hall–Kier alpha value is -4.77. The van der Waals surface area contributed by atoms with Crippen molar-refractivity contribution in [3.8, 4) is 0 Å². The summed E-state index contributed by atoms with van der Waals surface area (Å²) in [7, 11) is 0. The number of aliphatic hydroxyl groups is 2. The molecule has 0 amide bonds. The molecule has 0 spiro atoms. The summed E-state index contributed by atoms with van der Waals surface area (Å²) in [6.45, 7) is -0.307. The van der Waals surface area contributed by atoms with E-state index < -0.39 is 24.0 Å². The number of imidazole rings is 1. The first-order valence-electron chi connectivity index (χ1n) is 13.1. The summed E-state index contributed by atoms with van der Waals surface area (Å²) in [5.41, 5.74) is 7.98. The van der Waals surface area contributed by atoms with Gasteiger partial charge in [0.25, 0.3) is 5.56 Å². The molecule has 0 bridgehead atoms. The smallest absolute Gasteiger partial charge is 0.280 e. The van der Waals surface area contributed by atoms with E-state index in [1.54, 1.807) is 4.57 Å². The van der Waals surface area contributed by atoms with Crippen LogP contribution in [0.1, 0.15) is 12.6 Å². The highest BCUT2D eigenvalue weighted by Gasteiger charge is 2.35. The molecule has 0 radical (unpaired) electrons. The molecule has 2 aromatic heterocycles. The van der Waals surface area contributed by atoms with Gasteiger partial charge >= 0.3 is 0 Å². The molecule has 8 rings (SSSR count). The van der Waals surface area contributed by atoms with Crippen molar-refractivity contribution >= 4 is 71.6 Å². The molecule has 5 aromatic carbocycles. The second-order valence-electron chi connectivity index (χ2n) is 10.3. The lowest BCUT2D eigenvalue weighted by Gasteiger charge is -2.19. The molecular weight excluding hydrogens is 508 g/mol. The molecule has 198 valence electrons. The van der Waals surface area contributed by atoms with Crippen LogP contribution >= 0.6 is 0 Å². The van der Waals surface area contributed by atoms with Crippen LogP contribution in [0.2, 0.25) is 0 Å². The molecule has 1 aliphatic heterocycles. The predicted molar refractivity (Wildman–Crippen MR) is 155 cm³/mol. The number of nitrogens with one attached hydrogen (secondary N) is 2. The van der Waals surface area contributed by atoms with Crippen LogP contribution in [0.3, 0.4) is 0 Å². The summed E-state index contributed by atoms with van der Waals surface area (Å²) in [5.74, 6) is 0.246. The number of fused-ring (bicyclic) bond motifs is 3. The normalized spacial score (nSPS) is 19.6. The zero-order chi connectivity index (χ0) is 27.1. The van der Waals surface area contributed by atoms with Gasteiger partial charge in [0.05, 0.1) is 24.7 Å². The molecule has 0 saturated carbocycles. The van der Waals surface area contributed by atoms with Gasteiger partial charge in [0, 0.05) is 33.7 Å². The minimum atomic E-state index is -0.829. The number of anilines is 3. The quantitative estimate of drug-likeness (QED) is 0.129. The monoisotopic (exact) mass is 532 g/mol. The van der Waals surface area contributed by atoms with Crippen LogP contribution in [0, 0.1) is 0 Å². The number of aromatic amines is 1. The predicted octanol–water partition coefficient (Wildman–Crippen LogP) is 4.14. The average molecular weight is 533 g/mol. The van der Waals surface area contributed by atoms with Gasteiger partial charge in [0.15, 0.2) is 11.2 Å². The van der Waals surface area contributed by atoms with Crippen LogP contribution in [0.15, 0.2) is 71.8 Å². The zero-order valence-electron chi connectivity index (χ0n) is 21.1. The standard InChI is InChI=1S/C30H24N6O4/c31-20-10-6-14-5-7-16-15-3-1-2-4-17(15)26(19-9-8-18(20)24(14)25(16)19)33-30-34-28-27(29(39)35-30)32-13-36(28)23-11-21(38)22(12-37)40-23/h1-10,13,21-23,37-38H,11-12,31H2,(H2,33,34,35,39)/t21-,22+,23+/m0/s1. The van der Waals surface area contributed by atoms with Crippen LogP contribution in [0.4, 0.5) is 17.3 Å².